The number of nitro benzene ring substituents is 1. The minimum Gasteiger partial charge on any atom is -0.479 e. The van der Waals surface area contributed by atoms with Crippen molar-refractivity contribution < 1.29 is 19.9 Å². The average Bonchev–Trinajstić information content (AvgIpc) is 2.20. The summed E-state index contributed by atoms with van der Waals surface area (Å²) in [6.07, 6.45) is -1.90. The summed E-state index contributed by atoms with van der Waals surface area (Å²) in [6, 6.07) is 2.59. The van der Waals surface area contributed by atoms with Crippen LogP contribution in [0.3, 0.4) is 0 Å². The van der Waals surface area contributed by atoms with E-state index in [1.807, 2.05) is 0 Å². The molecule has 0 aliphatic carbocycles. The first-order valence-electron chi connectivity index (χ1n) is 4.20. The average molecular weight is 290 g/mol. The number of aliphatic carboxylic acids is 1. The van der Waals surface area contributed by atoms with Crippen LogP contribution in [0.25, 0.3) is 0 Å². The topological polar surface area (TPSA) is 101 Å². The Morgan fingerprint density at radius 3 is 2.56 bits per heavy atom. The van der Waals surface area contributed by atoms with Gasteiger partial charge in [-0.1, -0.05) is 15.9 Å². The van der Waals surface area contributed by atoms with E-state index < -0.39 is 22.7 Å². The Labute approximate surface area is 98.8 Å². The van der Waals surface area contributed by atoms with E-state index in [9.17, 15) is 20.0 Å². The Hall–Kier alpha value is -1.47. The van der Waals surface area contributed by atoms with Crippen LogP contribution in [0.2, 0.25) is 0 Å². The van der Waals surface area contributed by atoms with Crippen LogP contribution >= 0.6 is 15.9 Å². The van der Waals surface area contributed by atoms with Crippen LogP contribution in [0.4, 0.5) is 5.69 Å². The van der Waals surface area contributed by atoms with Gasteiger partial charge in [0.15, 0.2) is 6.10 Å². The van der Waals surface area contributed by atoms with E-state index >= 15 is 0 Å². The third kappa shape index (κ3) is 2.20. The molecule has 1 rings (SSSR count). The molecule has 0 saturated heterocycles. The van der Waals surface area contributed by atoms with Crippen molar-refractivity contribution >= 4 is 27.6 Å². The molecule has 0 bridgehead atoms. The second-order valence-corrected chi connectivity index (χ2v) is 3.96. The smallest absolute Gasteiger partial charge is 0.337 e. The van der Waals surface area contributed by atoms with Crippen molar-refractivity contribution in [1.82, 2.24) is 0 Å². The van der Waals surface area contributed by atoms with Crippen molar-refractivity contribution in [3.63, 3.8) is 0 Å². The van der Waals surface area contributed by atoms with Crippen LogP contribution < -0.4 is 0 Å². The Kier molecular flexibility index (Phi) is 3.61. The van der Waals surface area contributed by atoms with E-state index in [1.165, 1.54) is 13.0 Å². The molecule has 0 aromatic heterocycles. The van der Waals surface area contributed by atoms with Gasteiger partial charge in [0.2, 0.25) is 0 Å². The highest BCUT2D eigenvalue weighted by atomic mass is 79.9. The van der Waals surface area contributed by atoms with Gasteiger partial charge >= 0.3 is 5.97 Å². The fourth-order valence-corrected chi connectivity index (χ4v) is 1.66. The zero-order valence-electron chi connectivity index (χ0n) is 8.18. The number of nitro groups is 1. The lowest BCUT2D eigenvalue weighted by atomic mass is 10.0. The highest BCUT2D eigenvalue weighted by Crippen LogP contribution is 2.33. The van der Waals surface area contributed by atoms with E-state index in [0.717, 1.165) is 6.07 Å². The number of rotatable bonds is 3. The van der Waals surface area contributed by atoms with Gasteiger partial charge in [0.05, 0.1) is 10.5 Å². The normalized spacial score (nSPS) is 12.2. The Morgan fingerprint density at radius 1 is 1.56 bits per heavy atom. The van der Waals surface area contributed by atoms with Gasteiger partial charge in [-0.25, -0.2) is 4.79 Å². The molecular weight excluding hydrogens is 282 g/mol. The number of aliphatic hydroxyl groups is 1. The summed E-state index contributed by atoms with van der Waals surface area (Å²) in [5.41, 5.74) is -0.272. The predicted molar refractivity (Wildman–Crippen MR) is 58.1 cm³/mol. The second kappa shape index (κ2) is 4.58. The van der Waals surface area contributed by atoms with Crippen molar-refractivity contribution in [2.75, 3.05) is 0 Å². The van der Waals surface area contributed by atoms with Gasteiger partial charge < -0.3 is 10.2 Å². The molecule has 16 heavy (non-hydrogen) atoms. The number of hydrogen-bond donors (Lipinski definition) is 2. The molecule has 0 aliphatic rings. The van der Waals surface area contributed by atoms with Gasteiger partial charge in [0.25, 0.3) is 5.69 Å². The molecule has 1 unspecified atom stereocenters. The van der Waals surface area contributed by atoms with Gasteiger partial charge in [-0.2, -0.15) is 0 Å². The van der Waals surface area contributed by atoms with Crippen molar-refractivity contribution in [3.8, 4) is 0 Å². The number of carbonyl (C=O) groups is 1. The summed E-state index contributed by atoms with van der Waals surface area (Å²) in [6.45, 7) is 1.50. The van der Waals surface area contributed by atoms with Gasteiger partial charge in [-0.05, 0) is 18.6 Å². The number of hydrogen-bond acceptors (Lipinski definition) is 4. The molecule has 7 heteroatoms. The lowest BCUT2D eigenvalue weighted by molar-refractivity contribution is -0.386. The van der Waals surface area contributed by atoms with Crippen LogP contribution in [0.1, 0.15) is 17.2 Å². The Morgan fingerprint density at radius 2 is 2.12 bits per heavy atom. The highest BCUT2D eigenvalue weighted by Gasteiger charge is 2.28. The fraction of sp³-hybridized carbons (Fsp3) is 0.222. The van der Waals surface area contributed by atoms with Crippen LogP contribution in [0.15, 0.2) is 16.6 Å². The Bertz CT molecular complexity index is 459. The predicted octanol–water partition coefficient (Wildman–Crippen LogP) is 1.78. The molecule has 1 atom stereocenters. The summed E-state index contributed by atoms with van der Waals surface area (Å²) in [5.74, 6) is -1.52. The van der Waals surface area contributed by atoms with E-state index in [1.54, 1.807) is 0 Å². The molecule has 0 heterocycles. The number of halogens is 1. The Balaban J connectivity index is 3.49. The van der Waals surface area contributed by atoms with Gasteiger partial charge in [-0.15, -0.1) is 0 Å². The molecule has 1 aromatic rings. The first kappa shape index (κ1) is 12.6. The quantitative estimate of drug-likeness (QED) is 0.652. The molecule has 0 radical (unpaired) electrons. The second-order valence-electron chi connectivity index (χ2n) is 3.10. The van der Waals surface area contributed by atoms with Crippen molar-refractivity contribution in [3.05, 3.63) is 37.8 Å². The first-order valence-corrected chi connectivity index (χ1v) is 4.99. The number of carboxylic acid groups (broad SMARTS) is 1. The number of nitrogens with zero attached hydrogens (tertiary/aromatic N) is 1. The molecule has 2 N–H and O–H groups in total. The maximum atomic E-state index is 10.7. The fourth-order valence-electron chi connectivity index (χ4n) is 1.32. The molecular formula is C9H8BrNO5. The molecule has 86 valence electrons. The summed E-state index contributed by atoms with van der Waals surface area (Å²) in [4.78, 5) is 20.6. The number of carboxylic acids is 1. The van der Waals surface area contributed by atoms with Crippen molar-refractivity contribution in [2.45, 2.75) is 13.0 Å². The van der Waals surface area contributed by atoms with E-state index in [-0.39, 0.29) is 5.56 Å². The summed E-state index contributed by atoms with van der Waals surface area (Å²) >= 11 is 3.12. The number of aliphatic hydroxyl groups excluding tert-OH is 1. The highest BCUT2D eigenvalue weighted by molar-refractivity contribution is 9.10. The van der Waals surface area contributed by atoms with E-state index in [4.69, 9.17) is 5.11 Å². The van der Waals surface area contributed by atoms with Crippen molar-refractivity contribution in [1.29, 1.82) is 0 Å². The summed E-state index contributed by atoms with van der Waals surface area (Å²) in [7, 11) is 0. The minimum atomic E-state index is -1.90. The molecule has 0 amide bonds. The van der Waals surface area contributed by atoms with Crippen LogP contribution in [-0.4, -0.2) is 21.1 Å². The van der Waals surface area contributed by atoms with E-state index in [2.05, 4.69) is 15.9 Å². The monoisotopic (exact) mass is 289 g/mol. The van der Waals surface area contributed by atoms with Gasteiger partial charge in [-0.3, -0.25) is 10.1 Å². The maximum Gasteiger partial charge on any atom is 0.337 e. The van der Waals surface area contributed by atoms with Crippen LogP contribution in [0, 0.1) is 17.0 Å². The zero-order valence-corrected chi connectivity index (χ0v) is 9.76. The third-order valence-corrected chi connectivity index (χ3v) is 2.99. The number of benzene rings is 1. The molecule has 0 spiro atoms. The van der Waals surface area contributed by atoms with Gasteiger partial charge in [0.1, 0.15) is 0 Å². The third-order valence-electron chi connectivity index (χ3n) is 2.13. The molecule has 0 fully saturated rings. The minimum absolute atomic E-state index is 0.202. The SMILES string of the molecule is Cc1c(Br)ccc([N+](=O)[O-])c1C(O)C(=O)O. The maximum absolute atomic E-state index is 10.7. The summed E-state index contributed by atoms with van der Waals surface area (Å²) in [5, 5.41) is 28.8. The standard InChI is InChI=1S/C9H8BrNO5/c1-4-5(10)2-3-6(11(15)16)7(4)8(12)9(13)14/h2-3,8,12H,1H3,(H,13,14). The zero-order chi connectivity index (χ0) is 12.5. The molecule has 0 saturated carbocycles. The van der Waals surface area contributed by atoms with E-state index in [0.29, 0.717) is 10.0 Å². The van der Waals surface area contributed by atoms with Crippen molar-refractivity contribution in [2.24, 2.45) is 0 Å². The van der Waals surface area contributed by atoms with Gasteiger partial charge in [0, 0.05) is 10.5 Å². The van der Waals surface area contributed by atoms with Crippen LogP contribution in [-0.2, 0) is 4.79 Å². The largest absolute Gasteiger partial charge is 0.479 e. The molecule has 1 aromatic carbocycles. The summed E-state index contributed by atoms with van der Waals surface area (Å²) < 4.78 is 0.508. The molecule has 6 nitrogen and oxygen atoms in total. The van der Waals surface area contributed by atoms with Crippen LogP contribution in [0.5, 0.6) is 0 Å². The first-order chi connectivity index (χ1) is 7.36. The lowest BCUT2D eigenvalue weighted by Gasteiger charge is -2.11. The lowest BCUT2D eigenvalue weighted by Crippen LogP contribution is -2.14. The molecule has 0 aliphatic heterocycles.